The second-order valence-electron chi connectivity index (χ2n) is 7.79. The minimum absolute atomic E-state index is 0.243. The molecule has 0 radical (unpaired) electrons. The predicted octanol–water partition coefficient (Wildman–Crippen LogP) is 2.65. The van der Waals surface area contributed by atoms with Crippen LogP contribution in [0.1, 0.15) is 48.2 Å². The van der Waals surface area contributed by atoms with Crippen LogP contribution in [0.15, 0.2) is 58.7 Å². The topological polar surface area (TPSA) is 83.8 Å². The van der Waals surface area contributed by atoms with Gasteiger partial charge in [0.15, 0.2) is 12.1 Å². The van der Waals surface area contributed by atoms with Crippen molar-refractivity contribution in [3.8, 4) is 0 Å². The highest BCUT2D eigenvalue weighted by Gasteiger charge is 2.57. The van der Waals surface area contributed by atoms with Crippen molar-refractivity contribution in [2.45, 2.75) is 38.0 Å². The molecule has 8 heteroatoms. The summed E-state index contributed by atoms with van der Waals surface area (Å²) in [6.07, 6.45) is 3.46. The number of hydrogen-bond donors (Lipinski definition) is 0. The standard InChI is InChI=1S/C24H24N4O4/c1-3-31-23(29)21-19-17-11-7-5-9-15(17)14-26-28(19)22(24(30)32-4-2)20-18-12-8-6-10-16(18)13-25-27(20)21/h5-14,19-22H,3-4H2,1-2H3/t19-,20+,21-,22+. The van der Waals surface area contributed by atoms with Gasteiger partial charge in [0.2, 0.25) is 0 Å². The predicted molar refractivity (Wildman–Crippen MR) is 118 cm³/mol. The monoisotopic (exact) mass is 432 g/mol. The van der Waals surface area contributed by atoms with Crippen LogP contribution in [0.4, 0.5) is 0 Å². The van der Waals surface area contributed by atoms with E-state index in [0.717, 1.165) is 22.3 Å². The van der Waals surface area contributed by atoms with Crippen LogP contribution >= 0.6 is 0 Å². The Kier molecular flexibility index (Phi) is 5.13. The summed E-state index contributed by atoms with van der Waals surface area (Å²) in [5.41, 5.74) is 3.57. The molecule has 0 bridgehead atoms. The molecule has 2 aromatic rings. The fourth-order valence-corrected chi connectivity index (χ4v) is 4.82. The molecule has 0 spiro atoms. The van der Waals surface area contributed by atoms with Crippen molar-refractivity contribution in [3.63, 3.8) is 0 Å². The summed E-state index contributed by atoms with van der Waals surface area (Å²) in [4.78, 5) is 26.6. The van der Waals surface area contributed by atoms with E-state index in [9.17, 15) is 9.59 Å². The van der Waals surface area contributed by atoms with E-state index in [4.69, 9.17) is 9.47 Å². The van der Waals surface area contributed by atoms with E-state index in [0.29, 0.717) is 0 Å². The van der Waals surface area contributed by atoms with E-state index in [1.807, 2.05) is 48.5 Å². The number of rotatable bonds is 4. The molecule has 1 fully saturated rings. The second kappa shape index (κ2) is 8.11. The molecule has 3 heterocycles. The summed E-state index contributed by atoms with van der Waals surface area (Å²) in [5.74, 6) is -0.809. The molecule has 0 aliphatic carbocycles. The first kappa shape index (κ1) is 20.2. The summed E-state index contributed by atoms with van der Waals surface area (Å²) in [5, 5.41) is 12.7. The molecule has 3 aliphatic heterocycles. The molecular weight excluding hydrogens is 408 g/mol. The zero-order chi connectivity index (χ0) is 22.2. The first-order chi connectivity index (χ1) is 15.7. The molecule has 8 nitrogen and oxygen atoms in total. The highest BCUT2D eigenvalue weighted by atomic mass is 16.5. The van der Waals surface area contributed by atoms with Gasteiger partial charge >= 0.3 is 11.9 Å². The van der Waals surface area contributed by atoms with Gasteiger partial charge in [-0.2, -0.15) is 10.2 Å². The lowest BCUT2D eigenvalue weighted by atomic mass is 9.83. The Morgan fingerprint density at radius 2 is 1.16 bits per heavy atom. The number of piperazine rings is 1. The normalized spacial score (nSPS) is 24.7. The molecule has 164 valence electrons. The molecule has 32 heavy (non-hydrogen) atoms. The molecule has 1 saturated heterocycles. The highest BCUT2D eigenvalue weighted by Crippen LogP contribution is 2.48. The Morgan fingerprint density at radius 1 is 0.750 bits per heavy atom. The van der Waals surface area contributed by atoms with Crippen molar-refractivity contribution in [2.24, 2.45) is 10.2 Å². The molecule has 4 atom stereocenters. The number of esters is 2. The lowest BCUT2D eigenvalue weighted by Crippen LogP contribution is -2.64. The van der Waals surface area contributed by atoms with Gasteiger partial charge < -0.3 is 9.47 Å². The largest absolute Gasteiger partial charge is 0.464 e. The maximum Gasteiger partial charge on any atom is 0.333 e. The third-order valence-electron chi connectivity index (χ3n) is 6.08. The molecule has 0 amide bonds. The number of nitrogens with zero attached hydrogens (tertiary/aromatic N) is 4. The van der Waals surface area contributed by atoms with Crippen LogP contribution in [-0.2, 0) is 19.1 Å². The Labute approximate surface area is 186 Å². The average molecular weight is 432 g/mol. The molecule has 2 aromatic carbocycles. The summed E-state index contributed by atoms with van der Waals surface area (Å²) in [7, 11) is 0. The molecular formula is C24H24N4O4. The van der Waals surface area contributed by atoms with Gasteiger partial charge in [-0.3, -0.25) is 10.0 Å². The quantitative estimate of drug-likeness (QED) is 0.691. The van der Waals surface area contributed by atoms with Crippen molar-refractivity contribution in [3.05, 3.63) is 70.8 Å². The van der Waals surface area contributed by atoms with Crippen molar-refractivity contribution < 1.29 is 19.1 Å². The van der Waals surface area contributed by atoms with Crippen LogP contribution < -0.4 is 0 Å². The van der Waals surface area contributed by atoms with Gasteiger partial charge in [0.25, 0.3) is 0 Å². The highest BCUT2D eigenvalue weighted by molar-refractivity contribution is 5.89. The zero-order valence-electron chi connectivity index (χ0n) is 17.9. The second-order valence-corrected chi connectivity index (χ2v) is 7.79. The van der Waals surface area contributed by atoms with Crippen LogP contribution in [0.3, 0.4) is 0 Å². The minimum Gasteiger partial charge on any atom is -0.464 e. The lowest BCUT2D eigenvalue weighted by Gasteiger charge is -2.53. The Hall–Kier alpha value is -3.68. The van der Waals surface area contributed by atoms with E-state index in [-0.39, 0.29) is 13.2 Å². The number of hydrogen-bond acceptors (Lipinski definition) is 8. The van der Waals surface area contributed by atoms with Gasteiger partial charge in [-0.15, -0.1) is 0 Å². The van der Waals surface area contributed by atoms with Gasteiger partial charge in [-0.25, -0.2) is 9.59 Å². The van der Waals surface area contributed by atoms with E-state index < -0.39 is 36.1 Å². The first-order valence-corrected chi connectivity index (χ1v) is 10.8. The summed E-state index contributed by atoms with van der Waals surface area (Å²) < 4.78 is 11.0. The van der Waals surface area contributed by atoms with Crippen LogP contribution in [-0.4, -0.2) is 59.7 Å². The van der Waals surface area contributed by atoms with Crippen molar-refractivity contribution in [1.29, 1.82) is 0 Å². The third kappa shape index (κ3) is 3.05. The van der Waals surface area contributed by atoms with Crippen molar-refractivity contribution in [2.75, 3.05) is 13.2 Å². The number of carbonyl (C=O) groups is 2. The maximum atomic E-state index is 13.3. The maximum absolute atomic E-state index is 13.3. The number of fused-ring (bicyclic) bond motifs is 6. The third-order valence-corrected chi connectivity index (χ3v) is 6.08. The van der Waals surface area contributed by atoms with Crippen molar-refractivity contribution >= 4 is 24.4 Å². The number of carbonyl (C=O) groups excluding carboxylic acids is 2. The molecule has 5 rings (SSSR count). The van der Waals surface area contributed by atoms with E-state index in [2.05, 4.69) is 10.2 Å². The molecule has 0 N–H and O–H groups in total. The zero-order valence-corrected chi connectivity index (χ0v) is 17.9. The summed E-state index contributed by atoms with van der Waals surface area (Å²) >= 11 is 0. The Morgan fingerprint density at radius 3 is 1.56 bits per heavy atom. The lowest BCUT2D eigenvalue weighted by molar-refractivity contribution is -0.175. The summed E-state index contributed by atoms with van der Waals surface area (Å²) in [6, 6.07) is 12.8. The van der Waals surface area contributed by atoms with Gasteiger partial charge in [-0.1, -0.05) is 48.5 Å². The van der Waals surface area contributed by atoms with Gasteiger partial charge in [-0.05, 0) is 36.1 Å². The van der Waals surface area contributed by atoms with Gasteiger partial charge in [0, 0.05) is 0 Å². The SMILES string of the molecule is CCOC(=O)[C@@H]1[C@@H]2c3ccccc3C=NN2[C@@H](C(=O)OCC)[C@H]2c3ccccc3C=NN12. The molecule has 0 aromatic heterocycles. The fourth-order valence-electron chi connectivity index (χ4n) is 4.82. The number of hydrazone groups is 2. The number of ether oxygens (including phenoxy) is 2. The first-order valence-electron chi connectivity index (χ1n) is 10.8. The fraction of sp³-hybridized carbons (Fsp3) is 0.333. The number of benzene rings is 2. The van der Waals surface area contributed by atoms with E-state index in [1.165, 1.54) is 0 Å². The Bertz CT molecular complexity index is 1030. The van der Waals surface area contributed by atoms with Crippen LogP contribution in [0.5, 0.6) is 0 Å². The van der Waals surface area contributed by atoms with Gasteiger partial charge in [0.05, 0.1) is 25.6 Å². The smallest absolute Gasteiger partial charge is 0.333 e. The van der Waals surface area contributed by atoms with Crippen molar-refractivity contribution in [1.82, 2.24) is 10.0 Å². The van der Waals surface area contributed by atoms with E-state index in [1.54, 1.807) is 36.3 Å². The van der Waals surface area contributed by atoms with Gasteiger partial charge in [0.1, 0.15) is 12.1 Å². The van der Waals surface area contributed by atoms with E-state index >= 15 is 0 Å². The minimum atomic E-state index is -0.783. The molecule has 0 unspecified atom stereocenters. The average Bonchev–Trinajstić information content (AvgIpc) is 2.82. The van der Waals surface area contributed by atoms with Crippen LogP contribution in [0, 0.1) is 0 Å². The molecule has 3 aliphatic rings. The van der Waals surface area contributed by atoms with Crippen LogP contribution in [0.2, 0.25) is 0 Å². The molecule has 0 saturated carbocycles. The summed E-state index contributed by atoms with van der Waals surface area (Å²) in [6.45, 7) is 4.04. The van der Waals surface area contributed by atoms with Crippen LogP contribution in [0.25, 0.3) is 0 Å². The Balaban J connectivity index is 1.72.